The van der Waals surface area contributed by atoms with E-state index in [9.17, 15) is 13.2 Å². The van der Waals surface area contributed by atoms with E-state index < -0.39 is 22.7 Å². The molecule has 0 aliphatic carbocycles. The highest BCUT2D eigenvalue weighted by atomic mass is 35.5. The van der Waals surface area contributed by atoms with Crippen molar-refractivity contribution in [3.63, 3.8) is 0 Å². The molecule has 0 fully saturated rings. The van der Waals surface area contributed by atoms with E-state index in [2.05, 4.69) is 4.98 Å². The van der Waals surface area contributed by atoms with Crippen molar-refractivity contribution in [2.24, 2.45) is 0 Å². The second-order valence-corrected chi connectivity index (χ2v) is 3.44. The van der Waals surface area contributed by atoms with Crippen molar-refractivity contribution < 1.29 is 13.2 Å². The fourth-order valence-electron chi connectivity index (χ4n) is 1.35. The fourth-order valence-corrected chi connectivity index (χ4v) is 1.58. The Morgan fingerprint density at radius 1 is 0.938 bits per heavy atom. The lowest BCUT2D eigenvalue weighted by Crippen LogP contribution is -1.99. The molecule has 0 spiro atoms. The first kappa shape index (κ1) is 11.0. The van der Waals surface area contributed by atoms with Crippen LogP contribution in [0.5, 0.6) is 0 Å². The summed E-state index contributed by atoms with van der Waals surface area (Å²) in [5.74, 6) is -3.97. The number of hydrogen-bond donors (Lipinski definition) is 0. The Hall–Kier alpha value is -1.55. The number of pyridine rings is 1. The predicted octanol–water partition coefficient (Wildman–Crippen LogP) is 3.82. The lowest BCUT2D eigenvalue weighted by atomic mass is 10.1. The molecule has 1 aromatic heterocycles. The molecule has 0 atom stereocenters. The summed E-state index contributed by atoms with van der Waals surface area (Å²) in [4.78, 5) is 2.72. The van der Waals surface area contributed by atoms with Crippen molar-refractivity contribution in [3.05, 3.63) is 53.1 Å². The molecule has 2 rings (SSSR count). The van der Waals surface area contributed by atoms with Gasteiger partial charge in [0.05, 0.1) is 0 Å². The Morgan fingerprint density at radius 2 is 1.56 bits per heavy atom. The van der Waals surface area contributed by atoms with Crippen LogP contribution in [0.3, 0.4) is 0 Å². The van der Waals surface area contributed by atoms with Crippen molar-refractivity contribution >= 4 is 11.6 Å². The zero-order valence-corrected chi connectivity index (χ0v) is 8.60. The molecule has 0 aliphatic rings. The molecule has 0 saturated carbocycles. The van der Waals surface area contributed by atoms with Gasteiger partial charge in [-0.15, -0.1) is 0 Å². The molecular formula is C11H5ClF3N. The molecule has 1 nitrogen and oxygen atoms in total. The molecule has 0 bridgehead atoms. The van der Waals surface area contributed by atoms with Crippen molar-refractivity contribution in [2.75, 3.05) is 0 Å². The van der Waals surface area contributed by atoms with E-state index in [1.54, 1.807) is 18.2 Å². The molecule has 0 saturated heterocycles. The number of nitrogens with zero attached hydrogens (tertiary/aromatic N) is 1. The molecule has 0 amide bonds. The molecule has 1 heterocycles. The summed E-state index contributed by atoms with van der Waals surface area (Å²) in [6.45, 7) is 0. The summed E-state index contributed by atoms with van der Waals surface area (Å²) in [6, 6.07) is 7.93. The van der Waals surface area contributed by atoms with Crippen molar-refractivity contribution in [1.29, 1.82) is 0 Å². The molecular weight excluding hydrogens is 239 g/mol. The molecule has 5 heteroatoms. The summed E-state index contributed by atoms with van der Waals surface area (Å²) < 4.78 is 39.4. The van der Waals surface area contributed by atoms with Gasteiger partial charge in [0.2, 0.25) is 5.95 Å². The van der Waals surface area contributed by atoms with Crippen LogP contribution in [0.1, 0.15) is 0 Å². The third-order valence-corrected chi connectivity index (χ3v) is 2.40. The van der Waals surface area contributed by atoms with Crippen LogP contribution in [0.2, 0.25) is 5.02 Å². The second-order valence-electron chi connectivity index (χ2n) is 3.06. The maximum Gasteiger partial charge on any atom is 0.252 e. The largest absolute Gasteiger partial charge is 0.252 e. The molecule has 0 aliphatic heterocycles. The van der Waals surface area contributed by atoms with Crippen LogP contribution >= 0.6 is 11.6 Å². The van der Waals surface area contributed by atoms with Gasteiger partial charge in [0, 0.05) is 5.56 Å². The number of aromatic nitrogens is 1. The van der Waals surface area contributed by atoms with Crippen LogP contribution in [-0.2, 0) is 0 Å². The van der Waals surface area contributed by atoms with Crippen LogP contribution in [0.4, 0.5) is 13.2 Å². The van der Waals surface area contributed by atoms with Gasteiger partial charge in [0.15, 0.2) is 5.82 Å². The van der Waals surface area contributed by atoms with E-state index in [0.717, 1.165) is 0 Å². The van der Waals surface area contributed by atoms with E-state index >= 15 is 0 Å². The summed E-state index contributed by atoms with van der Waals surface area (Å²) in [5, 5.41) is -0.523. The molecule has 0 N–H and O–H groups in total. The SMILES string of the molecule is Fc1nc(F)c(Cl)c(-c2ccccc2)c1F. The van der Waals surface area contributed by atoms with Gasteiger partial charge in [-0.05, 0) is 5.56 Å². The minimum atomic E-state index is -1.50. The van der Waals surface area contributed by atoms with E-state index in [-0.39, 0.29) is 5.56 Å². The Bertz CT molecular complexity index is 502. The lowest BCUT2D eigenvalue weighted by Gasteiger charge is -2.06. The van der Waals surface area contributed by atoms with Gasteiger partial charge in [-0.1, -0.05) is 41.9 Å². The quantitative estimate of drug-likeness (QED) is 0.694. The number of benzene rings is 1. The third kappa shape index (κ3) is 1.76. The second kappa shape index (κ2) is 4.14. The number of halogens is 4. The van der Waals surface area contributed by atoms with Crippen LogP contribution in [0.25, 0.3) is 11.1 Å². The van der Waals surface area contributed by atoms with E-state index in [0.29, 0.717) is 5.56 Å². The van der Waals surface area contributed by atoms with E-state index in [1.807, 2.05) is 0 Å². The first-order valence-corrected chi connectivity index (χ1v) is 4.74. The first-order chi connectivity index (χ1) is 7.61. The predicted molar refractivity (Wildman–Crippen MR) is 54.6 cm³/mol. The number of hydrogen-bond acceptors (Lipinski definition) is 1. The maximum atomic E-state index is 13.4. The zero-order valence-electron chi connectivity index (χ0n) is 7.85. The Balaban J connectivity index is 2.74. The smallest absolute Gasteiger partial charge is 0.201 e. The average molecular weight is 244 g/mol. The highest BCUT2D eigenvalue weighted by Crippen LogP contribution is 2.32. The minimum absolute atomic E-state index is 0.296. The van der Waals surface area contributed by atoms with E-state index in [1.165, 1.54) is 12.1 Å². The molecule has 16 heavy (non-hydrogen) atoms. The van der Waals surface area contributed by atoms with Gasteiger partial charge in [0.25, 0.3) is 5.95 Å². The Kier molecular flexibility index (Phi) is 2.83. The van der Waals surface area contributed by atoms with Crippen molar-refractivity contribution in [2.45, 2.75) is 0 Å². The highest BCUT2D eigenvalue weighted by molar-refractivity contribution is 6.33. The van der Waals surface area contributed by atoms with Gasteiger partial charge in [-0.2, -0.15) is 13.8 Å². The monoisotopic (exact) mass is 243 g/mol. The first-order valence-electron chi connectivity index (χ1n) is 4.36. The molecule has 1 aromatic carbocycles. The van der Waals surface area contributed by atoms with Crippen LogP contribution in [-0.4, -0.2) is 4.98 Å². The van der Waals surface area contributed by atoms with Crippen molar-refractivity contribution in [1.82, 2.24) is 4.98 Å². The van der Waals surface area contributed by atoms with Crippen molar-refractivity contribution in [3.8, 4) is 11.1 Å². The Labute approximate surface area is 94.5 Å². The van der Waals surface area contributed by atoms with Gasteiger partial charge < -0.3 is 0 Å². The zero-order chi connectivity index (χ0) is 11.7. The average Bonchev–Trinajstić information content (AvgIpc) is 2.28. The van der Waals surface area contributed by atoms with Gasteiger partial charge in [0.1, 0.15) is 5.02 Å². The summed E-state index contributed by atoms with van der Waals surface area (Å²) in [5.41, 5.74) is -0.0162. The van der Waals surface area contributed by atoms with Crippen LogP contribution in [0, 0.1) is 17.7 Å². The maximum absolute atomic E-state index is 13.4. The van der Waals surface area contributed by atoms with Crippen LogP contribution < -0.4 is 0 Å². The fraction of sp³-hybridized carbons (Fsp3) is 0. The van der Waals surface area contributed by atoms with Gasteiger partial charge in [-0.3, -0.25) is 0 Å². The third-order valence-electron chi connectivity index (χ3n) is 2.06. The molecule has 0 unspecified atom stereocenters. The highest BCUT2D eigenvalue weighted by Gasteiger charge is 2.19. The molecule has 0 radical (unpaired) electrons. The van der Waals surface area contributed by atoms with Gasteiger partial charge in [-0.25, -0.2) is 4.39 Å². The van der Waals surface area contributed by atoms with Crippen LogP contribution in [0.15, 0.2) is 30.3 Å². The summed E-state index contributed by atoms with van der Waals surface area (Å²) >= 11 is 5.56. The number of rotatable bonds is 1. The molecule has 2 aromatic rings. The standard InChI is InChI=1S/C11H5ClF3N/c12-8-7(6-4-2-1-3-5-6)9(13)11(15)16-10(8)14/h1-5H. The van der Waals surface area contributed by atoms with Gasteiger partial charge >= 0.3 is 0 Å². The topological polar surface area (TPSA) is 12.9 Å². The Morgan fingerprint density at radius 3 is 2.19 bits per heavy atom. The summed E-state index contributed by atoms with van der Waals surface area (Å²) in [7, 11) is 0. The summed E-state index contributed by atoms with van der Waals surface area (Å²) in [6.07, 6.45) is 0. The van der Waals surface area contributed by atoms with E-state index in [4.69, 9.17) is 11.6 Å². The lowest BCUT2D eigenvalue weighted by molar-refractivity contribution is 0.450. The normalized spacial score (nSPS) is 10.5. The molecule has 82 valence electrons. The minimum Gasteiger partial charge on any atom is -0.201 e.